The van der Waals surface area contributed by atoms with Gasteiger partial charge >= 0.3 is 0 Å². The van der Waals surface area contributed by atoms with Crippen LogP contribution in [-0.4, -0.2) is 7.05 Å². The molecule has 0 radical (unpaired) electrons. The highest BCUT2D eigenvalue weighted by Crippen LogP contribution is 2.23. The Balaban J connectivity index is 3.04. The predicted octanol–water partition coefficient (Wildman–Crippen LogP) is 2.87. The molecule has 0 saturated heterocycles. The molecule has 1 aromatic rings. The minimum Gasteiger partial charge on any atom is -0.313 e. The van der Waals surface area contributed by atoms with Gasteiger partial charge < -0.3 is 5.32 Å². The summed E-state index contributed by atoms with van der Waals surface area (Å²) in [6.07, 6.45) is 0. The quantitative estimate of drug-likeness (QED) is 0.826. The average Bonchev–Trinajstić information content (AvgIpc) is 2.08. The lowest BCUT2D eigenvalue weighted by molar-refractivity contribution is 0.607. The smallest absolute Gasteiger partial charge is 0.123 e. The second-order valence-electron chi connectivity index (χ2n) is 2.68. The predicted molar refractivity (Wildman–Crippen MR) is 51.6 cm³/mol. The van der Waals surface area contributed by atoms with Crippen LogP contribution < -0.4 is 5.32 Å². The SMILES string of the molecule is CNC(C)c1cc(F)ccc1Br. The lowest BCUT2D eigenvalue weighted by Crippen LogP contribution is -2.12. The van der Waals surface area contributed by atoms with Crippen LogP contribution in [0.3, 0.4) is 0 Å². The molecule has 1 unspecified atom stereocenters. The molecule has 0 spiro atoms. The van der Waals surface area contributed by atoms with Crippen molar-refractivity contribution in [3.63, 3.8) is 0 Å². The molecule has 0 heterocycles. The average molecular weight is 232 g/mol. The summed E-state index contributed by atoms with van der Waals surface area (Å²) in [5.41, 5.74) is 0.942. The molecule has 12 heavy (non-hydrogen) atoms. The summed E-state index contributed by atoms with van der Waals surface area (Å²) in [7, 11) is 1.85. The Morgan fingerprint density at radius 1 is 1.50 bits per heavy atom. The van der Waals surface area contributed by atoms with E-state index in [2.05, 4.69) is 21.2 Å². The summed E-state index contributed by atoms with van der Waals surface area (Å²) in [4.78, 5) is 0. The molecular weight excluding hydrogens is 221 g/mol. The summed E-state index contributed by atoms with van der Waals surface area (Å²) >= 11 is 3.37. The van der Waals surface area contributed by atoms with Gasteiger partial charge in [0.25, 0.3) is 0 Å². The van der Waals surface area contributed by atoms with Gasteiger partial charge in [0.1, 0.15) is 5.82 Å². The van der Waals surface area contributed by atoms with Gasteiger partial charge in [0.05, 0.1) is 0 Å². The van der Waals surface area contributed by atoms with E-state index >= 15 is 0 Å². The highest BCUT2D eigenvalue weighted by molar-refractivity contribution is 9.10. The van der Waals surface area contributed by atoms with Crippen LogP contribution in [0, 0.1) is 5.82 Å². The van der Waals surface area contributed by atoms with Crippen LogP contribution in [0.4, 0.5) is 4.39 Å². The molecule has 1 atom stereocenters. The zero-order valence-electron chi connectivity index (χ0n) is 7.07. The first-order chi connectivity index (χ1) is 5.65. The van der Waals surface area contributed by atoms with Crippen molar-refractivity contribution in [2.45, 2.75) is 13.0 Å². The molecule has 0 aliphatic heterocycles. The largest absolute Gasteiger partial charge is 0.313 e. The second kappa shape index (κ2) is 4.01. The Hall–Kier alpha value is -0.410. The van der Waals surface area contributed by atoms with Gasteiger partial charge in [-0.05, 0) is 37.7 Å². The fourth-order valence-corrected chi connectivity index (χ4v) is 1.59. The van der Waals surface area contributed by atoms with Crippen molar-refractivity contribution in [3.05, 3.63) is 34.1 Å². The maximum Gasteiger partial charge on any atom is 0.123 e. The molecule has 0 aliphatic rings. The standard InChI is InChI=1S/C9H11BrFN/c1-6(12-2)8-5-7(11)3-4-9(8)10/h3-6,12H,1-2H3. The lowest BCUT2D eigenvalue weighted by atomic mass is 10.1. The number of nitrogens with one attached hydrogen (secondary N) is 1. The van der Waals surface area contributed by atoms with Gasteiger partial charge in [-0.1, -0.05) is 15.9 Å². The van der Waals surface area contributed by atoms with Crippen molar-refractivity contribution in [1.82, 2.24) is 5.32 Å². The molecular formula is C9H11BrFN. The number of halogens is 2. The van der Waals surface area contributed by atoms with Crippen molar-refractivity contribution >= 4 is 15.9 Å². The van der Waals surface area contributed by atoms with E-state index in [1.807, 2.05) is 14.0 Å². The molecule has 0 saturated carbocycles. The Morgan fingerprint density at radius 2 is 2.17 bits per heavy atom. The zero-order valence-corrected chi connectivity index (χ0v) is 8.65. The number of hydrogen-bond donors (Lipinski definition) is 1. The van der Waals surface area contributed by atoms with Crippen molar-refractivity contribution in [2.75, 3.05) is 7.05 Å². The van der Waals surface area contributed by atoms with Crippen molar-refractivity contribution < 1.29 is 4.39 Å². The third kappa shape index (κ3) is 2.05. The fourth-order valence-electron chi connectivity index (χ4n) is 1.00. The molecule has 0 fully saturated rings. The van der Waals surface area contributed by atoms with Crippen LogP contribution in [0.2, 0.25) is 0 Å². The molecule has 1 nitrogen and oxygen atoms in total. The molecule has 1 aromatic carbocycles. The first-order valence-corrected chi connectivity index (χ1v) is 4.56. The summed E-state index contributed by atoms with van der Waals surface area (Å²) < 4.78 is 13.7. The Labute approximate surface area is 80.1 Å². The Bertz CT molecular complexity index is 275. The minimum atomic E-state index is -0.199. The Morgan fingerprint density at radius 3 is 2.75 bits per heavy atom. The maximum absolute atomic E-state index is 12.8. The number of rotatable bonds is 2. The molecule has 3 heteroatoms. The summed E-state index contributed by atoms with van der Waals surface area (Å²) in [5.74, 6) is -0.199. The van der Waals surface area contributed by atoms with Gasteiger partial charge in [-0.25, -0.2) is 4.39 Å². The monoisotopic (exact) mass is 231 g/mol. The summed E-state index contributed by atoms with van der Waals surface area (Å²) in [6.45, 7) is 1.99. The van der Waals surface area contributed by atoms with Gasteiger partial charge in [0.15, 0.2) is 0 Å². The normalized spacial score (nSPS) is 13.0. The van der Waals surface area contributed by atoms with Crippen LogP contribution in [-0.2, 0) is 0 Å². The minimum absolute atomic E-state index is 0.162. The van der Waals surface area contributed by atoms with Crippen molar-refractivity contribution in [3.8, 4) is 0 Å². The fraction of sp³-hybridized carbons (Fsp3) is 0.333. The number of hydrogen-bond acceptors (Lipinski definition) is 1. The third-order valence-corrected chi connectivity index (χ3v) is 2.58. The van der Waals surface area contributed by atoms with Crippen LogP contribution >= 0.6 is 15.9 Å². The van der Waals surface area contributed by atoms with E-state index in [0.29, 0.717) is 0 Å². The molecule has 0 bridgehead atoms. The van der Waals surface area contributed by atoms with Gasteiger partial charge in [-0.2, -0.15) is 0 Å². The van der Waals surface area contributed by atoms with Gasteiger partial charge in [-0.3, -0.25) is 0 Å². The lowest BCUT2D eigenvalue weighted by Gasteiger charge is -2.12. The Kier molecular flexibility index (Phi) is 3.23. The van der Waals surface area contributed by atoms with Crippen LogP contribution in [0.25, 0.3) is 0 Å². The van der Waals surface area contributed by atoms with E-state index in [1.54, 1.807) is 6.07 Å². The van der Waals surface area contributed by atoms with E-state index in [9.17, 15) is 4.39 Å². The van der Waals surface area contributed by atoms with Gasteiger partial charge in [-0.15, -0.1) is 0 Å². The topological polar surface area (TPSA) is 12.0 Å². The van der Waals surface area contributed by atoms with Crippen LogP contribution in [0.5, 0.6) is 0 Å². The molecule has 1 N–H and O–H groups in total. The van der Waals surface area contributed by atoms with Crippen molar-refractivity contribution in [1.29, 1.82) is 0 Å². The molecule has 0 aromatic heterocycles. The van der Waals surface area contributed by atoms with Gasteiger partial charge in [0.2, 0.25) is 0 Å². The summed E-state index contributed by atoms with van der Waals surface area (Å²) in [5, 5.41) is 3.05. The molecule has 0 amide bonds. The highest BCUT2D eigenvalue weighted by Gasteiger charge is 2.07. The second-order valence-corrected chi connectivity index (χ2v) is 3.53. The van der Waals surface area contributed by atoms with Gasteiger partial charge in [0, 0.05) is 10.5 Å². The molecule has 1 rings (SSSR count). The van der Waals surface area contributed by atoms with Crippen LogP contribution in [0.15, 0.2) is 22.7 Å². The maximum atomic E-state index is 12.8. The number of benzene rings is 1. The van der Waals surface area contributed by atoms with E-state index < -0.39 is 0 Å². The highest BCUT2D eigenvalue weighted by atomic mass is 79.9. The molecule has 66 valence electrons. The first kappa shape index (κ1) is 9.68. The van der Waals surface area contributed by atoms with E-state index in [1.165, 1.54) is 12.1 Å². The van der Waals surface area contributed by atoms with Crippen LogP contribution in [0.1, 0.15) is 18.5 Å². The third-order valence-electron chi connectivity index (χ3n) is 1.86. The van der Waals surface area contributed by atoms with E-state index in [4.69, 9.17) is 0 Å². The zero-order chi connectivity index (χ0) is 9.14. The summed E-state index contributed by atoms with van der Waals surface area (Å²) in [6, 6.07) is 4.86. The van der Waals surface area contributed by atoms with E-state index in [0.717, 1.165) is 10.0 Å². The first-order valence-electron chi connectivity index (χ1n) is 3.77. The van der Waals surface area contributed by atoms with Crippen molar-refractivity contribution in [2.24, 2.45) is 0 Å². The molecule has 0 aliphatic carbocycles. The van der Waals surface area contributed by atoms with E-state index in [-0.39, 0.29) is 11.9 Å².